The van der Waals surface area contributed by atoms with Crippen molar-refractivity contribution >= 4 is 33.6 Å². The number of benzene rings is 3. The largest absolute Gasteiger partial charge is 0.497 e. The van der Waals surface area contributed by atoms with Crippen molar-refractivity contribution in [3.63, 3.8) is 0 Å². The van der Waals surface area contributed by atoms with E-state index < -0.39 is 0 Å². The molecule has 0 saturated carbocycles. The number of carbonyl (C=O) groups is 2. The van der Waals surface area contributed by atoms with E-state index in [1.165, 1.54) is 0 Å². The minimum absolute atomic E-state index is 0.0905. The average Bonchev–Trinajstić information content (AvgIpc) is 3.32. The van der Waals surface area contributed by atoms with Crippen LogP contribution in [0.1, 0.15) is 24.2 Å². The van der Waals surface area contributed by atoms with Gasteiger partial charge in [-0.2, -0.15) is 5.10 Å². The van der Waals surface area contributed by atoms with Crippen LogP contribution in [0, 0.1) is 5.92 Å². The van der Waals surface area contributed by atoms with Crippen molar-refractivity contribution in [3.05, 3.63) is 95.0 Å². The molecule has 7 nitrogen and oxygen atoms in total. The molecule has 0 aliphatic carbocycles. The summed E-state index contributed by atoms with van der Waals surface area (Å²) in [6.07, 6.45) is 0. The Balaban J connectivity index is 1.62. The maximum atomic E-state index is 13.3. The molecular weight excluding hydrogens is 532 g/mol. The third kappa shape index (κ3) is 6.46. The number of nitrogens with zero attached hydrogens (tertiary/aromatic N) is 3. The third-order valence-electron chi connectivity index (χ3n) is 5.67. The van der Waals surface area contributed by atoms with Crippen molar-refractivity contribution in [1.29, 1.82) is 0 Å². The first-order valence-electron chi connectivity index (χ1n) is 12.0. The molecule has 0 radical (unpaired) electrons. The highest BCUT2D eigenvalue weighted by atomic mass is 79.9. The Morgan fingerprint density at radius 3 is 2.32 bits per heavy atom. The number of amides is 2. The average molecular weight is 561 g/mol. The molecule has 0 saturated heterocycles. The highest BCUT2D eigenvalue weighted by Gasteiger charge is 2.23. The molecule has 2 amide bonds. The van der Waals surface area contributed by atoms with Crippen LogP contribution in [0.4, 0.5) is 5.82 Å². The first-order valence-corrected chi connectivity index (χ1v) is 12.8. The lowest BCUT2D eigenvalue weighted by atomic mass is 10.1. The van der Waals surface area contributed by atoms with Crippen molar-refractivity contribution in [2.45, 2.75) is 13.8 Å². The normalized spacial score (nSPS) is 10.8. The Hall–Kier alpha value is -3.91. The molecule has 4 aromatic rings. The molecule has 0 atom stereocenters. The van der Waals surface area contributed by atoms with Gasteiger partial charge in [-0.25, -0.2) is 4.68 Å². The number of halogens is 1. The summed E-state index contributed by atoms with van der Waals surface area (Å²) in [6.45, 7) is 4.39. The van der Waals surface area contributed by atoms with Gasteiger partial charge in [-0.05, 0) is 58.2 Å². The van der Waals surface area contributed by atoms with E-state index in [1.54, 1.807) is 22.8 Å². The minimum atomic E-state index is -0.310. The molecule has 0 aliphatic rings. The van der Waals surface area contributed by atoms with Gasteiger partial charge in [0.1, 0.15) is 18.1 Å². The van der Waals surface area contributed by atoms with Gasteiger partial charge in [0, 0.05) is 22.6 Å². The molecule has 0 fully saturated rings. The number of rotatable bonds is 9. The molecule has 4 rings (SSSR count). The standard InChI is InChI=1S/C29H29BrN4O3/c1-20(2)18-33(29(36)24-11-7-8-12-25(24)30)19-28(35)31-27-17-26(21-9-5-4-6-10-21)32-34(27)22-13-15-23(37-3)16-14-22/h4-17,20H,18-19H2,1-3H3,(H,31,35). The van der Waals surface area contributed by atoms with Crippen LogP contribution in [-0.2, 0) is 4.79 Å². The Labute approximate surface area is 225 Å². The lowest BCUT2D eigenvalue weighted by molar-refractivity contribution is -0.117. The van der Waals surface area contributed by atoms with Gasteiger partial charge in [0.05, 0.1) is 24.1 Å². The smallest absolute Gasteiger partial charge is 0.255 e. The second-order valence-electron chi connectivity index (χ2n) is 9.00. The molecule has 1 aromatic heterocycles. The molecule has 37 heavy (non-hydrogen) atoms. The Kier molecular flexibility index (Phi) is 8.40. The lowest BCUT2D eigenvalue weighted by Gasteiger charge is -2.24. The maximum absolute atomic E-state index is 13.3. The van der Waals surface area contributed by atoms with Gasteiger partial charge in [0.15, 0.2) is 0 Å². The summed E-state index contributed by atoms with van der Waals surface area (Å²) >= 11 is 3.45. The summed E-state index contributed by atoms with van der Waals surface area (Å²) in [6, 6.07) is 26.2. The lowest BCUT2D eigenvalue weighted by Crippen LogP contribution is -2.40. The number of ether oxygens (including phenoxy) is 1. The van der Waals surface area contributed by atoms with Crippen LogP contribution in [0.2, 0.25) is 0 Å². The molecule has 8 heteroatoms. The summed E-state index contributed by atoms with van der Waals surface area (Å²) in [4.78, 5) is 28.2. The van der Waals surface area contributed by atoms with Crippen molar-refractivity contribution in [1.82, 2.24) is 14.7 Å². The van der Waals surface area contributed by atoms with Gasteiger partial charge >= 0.3 is 0 Å². The number of carbonyl (C=O) groups excluding carboxylic acids is 2. The molecule has 1 heterocycles. The summed E-state index contributed by atoms with van der Waals surface area (Å²) in [5.41, 5.74) is 2.93. The van der Waals surface area contributed by atoms with Crippen LogP contribution >= 0.6 is 15.9 Å². The molecule has 0 unspecified atom stereocenters. The van der Waals surface area contributed by atoms with Crippen LogP contribution < -0.4 is 10.1 Å². The Morgan fingerprint density at radius 2 is 1.68 bits per heavy atom. The summed E-state index contributed by atoms with van der Waals surface area (Å²) < 4.78 is 7.65. The number of anilines is 1. The zero-order valence-electron chi connectivity index (χ0n) is 21.0. The molecule has 0 aliphatic heterocycles. The fourth-order valence-corrected chi connectivity index (χ4v) is 4.42. The first-order chi connectivity index (χ1) is 17.9. The second kappa shape index (κ2) is 11.9. The SMILES string of the molecule is COc1ccc(-n2nc(-c3ccccc3)cc2NC(=O)CN(CC(C)C)C(=O)c2ccccc2Br)cc1. The quantitative estimate of drug-likeness (QED) is 0.270. The third-order valence-corrected chi connectivity index (χ3v) is 6.37. The van der Waals surface area contributed by atoms with E-state index in [4.69, 9.17) is 9.84 Å². The Bertz CT molecular complexity index is 1370. The topological polar surface area (TPSA) is 76.5 Å². The van der Waals surface area contributed by atoms with Gasteiger partial charge in [-0.15, -0.1) is 0 Å². The van der Waals surface area contributed by atoms with Crippen LogP contribution in [0.25, 0.3) is 16.9 Å². The van der Waals surface area contributed by atoms with Crippen LogP contribution in [-0.4, -0.2) is 46.7 Å². The van der Waals surface area contributed by atoms with E-state index in [9.17, 15) is 9.59 Å². The maximum Gasteiger partial charge on any atom is 0.255 e. The van der Waals surface area contributed by atoms with Gasteiger partial charge in [-0.3, -0.25) is 9.59 Å². The van der Waals surface area contributed by atoms with Crippen LogP contribution in [0.5, 0.6) is 5.75 Å². The van der Waals surface area contributed by atoms with Crippen LogP contribution in [0.15, 0.2) is 89.4 Å². The molecule has 0 spiro atoms. The fraction of sp³-hybridized carbons (Fsp3) is 0.207. The van der Waals surface area contributed by atoms with Crippen LogP contribution in [0.3, 0.4) is 0 Å². The predicted octanol–water partition coefficient (Wildman–Crippen LogP) is 6.05. The van der Waals surface area contributed by atoms with Crippen molar-refractivity contribution in [2.24, 2.45) is 5.92 Å². The van der Waals surface area contributed by atoms with Gasteiger partial charge in [0.25, 0.3) is 5.91 Å². The highest BCUT2D eigenvalue weighted by molar-refractivity contribution is 9.10. The summed E-state index contributed by atoms with van der Waals surface area (Å²) in [5, 5.41) is 7.73. The van der Waals surface area contributed by atoms with Crippen molar-refractivity contribution < 1.29 is 14.3 Å². The number of hydrogen-bond acceptors (Lipinski definition) is 4. The number of nitrogens with one attached hydrogen (secondary N) is 1. The summed E-state index contributed by atoms with van der Waals surface area (Å²) in [5.74, 6) is 0.903. The highest BCUT2D eigenvalue weighted by Crippen LogP contribution is 2.26. The molecule has 190 valence electrons. The monoisotopic (exact) mass is 560 g/mol. The van der Waals surface area contributed by atoms with Gasteiger partial charge < -0.3 is 15.0 Å². The number of hydrogen-bond donors (Lipinski definition) is 1. The van der Waals surface area contributed by atoms with Gasteiger partial charge in [0.2, 0.25) is 5.91 Å². The molecular formula is C29H29BrN4O3. The van der Waals surface area contributed by atoms with E-state index in [-0.39, 0.29) is 24.3 Å². The fourth-order valence-electron chi connectivity index (χ4n) is 3.96. The zero-order valence-corrected chi connectivity index (χ0v) is 22.6. The molecule has 3 aromatic carbocycles. The van der Waals surface area contributed by atoms with E-state index >= 15 is 0 Å². The van der Waals surface area contributed by atoms with E-state index in [0.717, 1.165) is 22.7 Å². The van der Waals surface area contributed by atoms with Crippen molar-refractivity contribution in [3.8, 4) is 22.7 Å². The predicted molar refractivity (Wildman–Crippen MR) is 149 cm³/mol. The Morgan fingerprint density at radius 1 is 1.00 bits per heavy atom. The van der Waals surface area contributed by atoms with E-state index in [1.807, 2.05) is 92.7 Å². The van der Waals surface area contributed by atoms with Gasteiger partial charge in [-0.1, -0.05) is 56.3 Å². The summed E-state index contributed by atoms with van der Waals surface area (Å²) in [7, 11) is 1.61. The van der Waals surface area contributed by atoms with Crippen molar-refractivity contribution in [2.75, 3.05) is 25.5 Å². The molecule has 1 N–H and O–H groups in total. The molecule has 0 bridgehead atoms. The van der Waals surface area contributed by atoms with E-state index in [2.05, 4.69) is 21.2 Å². The van der Waals surface area contributed by atoms with E-state index in [0.29, 0.717) is 22.4 Å². The first kappa shape index (κ1) is 26.2. The minimum Gasteiger partial charge on any atom is -0.497 e. The zero-order chi connectivity index (χ0) is 26.4. The second-order valence-corrected chi connectivity index (χ2v) is 9.85. The number of methoxy groups -OCH3 is 1. The number of aromatic nitrogens is 2.